The van der Waals surface area contributed by atoms with Crippen LogP contribution in [-0.2, 0) is 19.0 Å². The number of carbonyl (C=O) groups is 2. The number of carbonyl (C=O) groups excluding carboxylic acids is 2. The molecule has 0 aliphatic heterocycles. The van der Waals surface area contributed by atoms with E-state index in [0.29, 0.717) is 40.4 Å². The predicted octanol–water partition coefficient (Wildman–Crippen LogP) is 4.68. The smallest absolute Gasteiger partial charge is 0.298 e. The van der Waals surface area contributed by atoms with Crippen LogP contribution in [-0.4, -0.2) is 22.0 Å². The highest BCUT2D eigenvalue weighted by molar-refractivity contribution is 6.04. The minimum Gasteiger partial charge on any atom is -0.298 e. The average molecular weight is 374 g/mol. The Morgan fingerprint density at radius 1 is 1.15 bits per heavy atom. The number of hydrogen-bond donors (Lipinski definition) is 0. The Kier molecular flexibility index (Phi) is 4.87. The first kappa shape index (κ1) is 18.8. The quantitative estimate of drug-likeness (QED) is 0.623. The first-order chi connectivity index (χ1) is 12.8. The Bertz CT molecular complexity index is 1040. The van der Waals surface area contributed by atoms with Gasteiger partial charge in [-0.15, -0.1) is 0 Å². The van der Waals surface area contributed by atoms with Crippen LogP contribution >= 0.6 is 0 Å². The Balaban J connectivity index is 2.30. The molecule has 0 radical (unpaired) electrons. The molecule has 1 heterocycles. The summed E-state index contributed by atoms with van der Waals surface area (Å²) in [5, 5.41) is 4.88. The van der Waals surface area contributed by atoms with Crippen LogP contribution < -0.4 is 0 Å². The largest absolute Gasteiger partial charge is 0.417 e. The molecule has 3 rings (SSSR count). The molecule has 0 spiro atoms. The summed E-state index contributed by atoms with van der Waals surface area (Å²) in [4.78, 5) is 24.2. The van der Waals surface area contributed by atoms with Crippen LogP contribution in [0.5, 0.6) is 0 Å². The molecule has 0 aliphatic carbocycles. The van der Waals surface area contributed by atoms with Crippen LogP contribution in [0.25, 0.3) is 10.9 Å². The number of aryl methyl sites for hydroxylation is 2. The Labute approximate surface area is 153 Å². The number of alkyl halides is 3. The molecule has 0 saturated carbocycles. The molecule has 27 heavy (non-hydrogen) atoms. The van der Waals surface area contributed by atoms with Crippen molar-refractivity contribution in [3.63, 3.8) is 0 Å². The Hall–Kier alpha value is -2.96. The van der Waals surface area contributed by atoms with E-state index in [0.717, 1.165) is 10.7 Å². The van der Waals surface area contributed by atoms with Crippen LogP contribution in [0.15, 0.2) is 36.4 Å². The third-order valence-corrected chi connectivity index (χ3v) is 4.50. The van der Waals surface area contributed by atoms with E-state index in [1.165, 1.54) is 18.2 Å². The number of halogens is 3. The van der Waals surface area contributed by atoms with Gasteiger partial charge in [0.25, 0.3) is 5.91 Å². The van der Waals surface area contributed by atoms with Crippen molar-refractivity contribution in [1.29, 1.82) is 0 Å². The molecule has 0 amide bonds. The molecule has 0 bridgehead atoms. The van der Waals surface area contributed by atoms with Gasteiger partial charge in [-0.25, -0.2) is 0 Å². The van der Waals surface area contributed by atoms with Crippen LogP contribution in [0, 0.1) is 0 Å². The topological polar surface area (TPSA) is 52.0 Å². The maximum absolute atomic E-state index is 13.5. The minimum atomic E-state index is -4.67. The molecule has 1 aromatic heterocycles. The van der Waals surface area contributed by atoms with Gasteiger partial charge in [-0.1, -0.05) is 38.1 Å². The lowest BCUT2D eigenvalue weighted by Crippen LogP contribution is -2.21. The summed E-state index contributed by atoms with van der Waals surface area (Å²) < 4.78 is 41.5. The first-order valence-electron chi connectivity index (χ1n) is 8.52. The van der Waals surface area contributed by atoms with Crippen LogP contribution in [0.2, 0.25) is 0 Å². The fraction of sp³-hybridized carbons (Fsp3) is 0.250. The van der Waals surface area contributed by atoms with E-state index in [9.17, 15) is 22.8 Å². The van der Waals surface area contributed by atoms with E-state index in [1.807, 2.05) is 6.92 Å². The van der Waals surface area contributed by atoms with Crippen LogP contribution in [0.1, 0.15) is 51.4 Å². The Morgan fingerprint density at radius 2 is 1.89 bits per heavy atom. The van der Waals surface area contributed by atoms with Crippen molar-refractivity contribution in [2.45, 2.75) is 32.9 Å². The normalized spacial score (nSPS) is 11.7. The van der Waals surface area contributed by atoms with Crippen molar-refractivity contribution in [2.24, 2.45) is 0 Å². The lowest BCUT2D eigenvalue weighted by atomic mass is 9.98. The lowest BCUT2D eigenvalue weighted by molar-refractivity contribution is -0.138. The first-order valence-corrected chi connectivity index (χ1v) is 8.52. The highest BCUT2D eigenvalue weighted by Crippen LogP contribution is 2.34. The van der Waals surface area contributed by atoms with Gasteiger partial charge in [-0.05, 0) is 30.5 Å². The van der Waals surface area contributed by atoms with Gasteiger partial charge in [0.15, 0.2) is 0 Å². The second-order valence-corrected chi connectivity index (χ2v) is 6.10. The van der Waals surface area contributed by atoms with Crippen LogP contribution in [0.3, 0.4) is 0 Å². The third-order valence-electron chi connectivity index (χ3n) is 4.50. The predicted molar refractivity (Wildman–Crippen MR) is 95.0 cm³/mol. The zero-order valence-corrected chi connectivity index (χ0v) is 14.8. The van der Waals surface area contributed by atoms with Crippen molar-refractivity contribution in [3.8, 4) is 0 Å². The second-order valence-electron chi connectivity index (χ2n) is 6.10. The van der Waals surface area contributed by atoms with E-state index in [4.69, 9.17) is 0 Å². The van der Waals surface area contributed by atoms with Crippen molar-refractivity contribution >= 4 is 23.1 Å². The molecular formula is C20H17F3N2O2. The number of rotatable bonds is 4. The monoisotopic (exact) mass is 374 g/mol. The van der Waals surface area contributed by atoms with E-state index in [2.05, 4.69) is 5.10 Å². The van der Waals surface area contributed by atoms with Crippen molar-refractivity contribution < 1.29 is 22.8 Å². The van der Waals surface area contributed by atoms with Gasteiger partial charge >= 0.3 is 6.18 Å². The summed E-state index contributed by atoms with van der Waals surface area (Å²) in [6.45, 7) is 3.53. The van der Waals surface area contributed by atoms with Gasteiger partial charge in [0, 0.05) is 10.9 Å². The number of aromatic nitrogens is 2. The van der Waals surface area contributed by atoms with Gasteiger partial charge in [-0.2, -0.15) is 23.0 Å². The molecule has 0 N–H and O–H groups in total. The van der Waals surface area contributed by atoms with Gasteiger partial charge < -0.3 is 0 Å². The molecule has 0 atom stereocenters. The number of benzene rings is 2. The van der Waals surface area contributed by atoms with E-state index < -0.39 is 23.2 Å². The van der Waals surface area contributed by atoms with E-state index in [-0.39, 0.29) is 6.42 Å². The van der Waals surface area contributed by atoms with E-state index in [1.54, 1.807) is 19.1 Å². The average Bonchev–Trinajstić information content (AvgIpc) is 3.03. The summed E-state index contributed by atoms with van der Waals surface area (Å²) in [6.07, 6.45) is -3.28. The molecule has 3 aromatic rings. The van der Waals surface area contributed by atoms with E-state index >= 15 is 0 Å². The SMILES string of the molecule is CCc1cccc(C(F)(F)F)c1C(=O)n1nc(CC)c2ccc(C=O)cc21. The summed E-state index contributed by atoms with van der Waals surface area (Å²) in [7, 11) is 0. The van der Waals surface area contributed by atoms with Crippen molar-refractivity contribution in [3.05, 3.63) is 64.3 Å². The van der Waals surface area contributed by atoms with Gasteiger partial charge in [0.05, 0.1) is 22.3 Å². The summed E-state index contributed by atoms with van der Waals surface area (Å²) in [5.41, 5.74) is 0.122. The summed E-state index contributed by atoms with van der Waals surface area (Å²) in [5.74, 6) is -0.854. The highest BCUT2D eigenvalue weighted by atomic mass is 19.4. The molecule has 7 heteroatoms. The molecule has 0 unspecified atom stereocenters. The number of fused-ring (bicyclic) bond motifs is 1. The molecular weight excluding hydrogens is 357 g/mol. The number of aldehydes is 1. The fourth-order valence-corrected chi connectivity index (χ4v) is 3.18. The Morgan fingerprint density at radius 3 is 2.48 bits per heavy atom. The maximum Gasteiger partial charge on any atom is 0.417 e. The molecule has 140 valence electrons. The molecule has 0 aliphatic rings. The van der Waals surface area contributed by atoms with Crippen molar-refractivity contribution in [1.82, 2.24) is 9.78 Å². The maximum atomic E-state index is 13.5. The fourth-order valence-electron chi connectivity index (χ4n) is 3.18. The zero-order chi connectivity index (χ0) is 19.8. The zero-order valence-electron chi connectivity index (χ0n) is 14.8. The standard InChI is InChI=1S/C20H17F3N2O2/c1-3-13-6-5-7-15(20(21,22)23)18(13)19(27)25-17-10-12(11-26)8-9-14(17)16(4-2)24-25/h5-11H,3-4H2,1-2H3. The second kappa shape index (κ2) is 6.98. The highest BCUT2D eigenvalue weighted by Gasteiger charge is 2.37. The number of hydrogen-bond acceptors (Lipinski definition) is 3. The van der Waals surface area contributed by atoms with Gasteiger partial charge in [0.1, 0.15) is 6.29 Å². The summed E-state index contributed by atoms with van der Waals surface area (Å²) in [6, 6.07) is 8.41. The molecule has 2 aromatic carbocycles. The van der Waals surface area contributed by atoms with Crippen LogP contribution in [0.4, 0.5) is 13.2 Å². The van der Waals surface area contributed by atoms with Gasteiger partial charge in [0.2, 0.25) is 0 Å². The van der Waals surface area contributed by atoms with Gasteiger partial charge in [-0.3, -0.25) is 9.59 Å². The molecule has 0 saturated heterocycles. The van der Waals surface area contributed by atoms with Crippen molar-refractivity contribution in [2.75, 3.05) is 0 Å². The minimum absolute atomic E-state index is 0.268. The summed E-state index contributed by atoms with van der Waals surface area (Å²) >= 11 is 0. The molecule has 4 nitrogen and oxygen atoms in total. The number of nitrogens with zero attached hydrogens (tertiary/aromatic N) is 2. The molecule has 0 fully saturated rings. The lowest BCUT2D eigenvalue weighted by Gasteiger charge is -2.15. The third kappa shape index (κ3) is 3.25.